The number of hydrogen-bond donors (Lipinski definition) is 1. The van der Waals surface area contributed by atoms with Crippen LogP contribution in [0, 0.1) is 0 Å². The van der Waals surface area contributed by atoms with Gasteiger partial charge in [0, 0.05) is 12.6 Å². The summed E-state index contributed by atoms with van der Waals surface area (Å²) in [7, 11) is 0. The van der Waals surface area contributed by atoms with Crippen molar-refractivity contribution in [1.82, 2.24) is 4.90 Å². The molecule has 3 aromatic rings. The highest BCUT2D eigenvalue weighted by Gasteiger charge is 2.24. The molecule has 1 aliphatic carbocycles. The highest BCUT2D eigenvalue weighted by molar-refractivity contribution is 5.85. The van der Waals surface area contributed by atoms with Crippen LogP contribution in [0.3, 0.4) is 0 Å². The Morgan fingerprint density at radius 2 is 1.81 bits per heavy atom. The molecule has 1 N–H and O–H groups in total. The number of fused-ring (bicyclic) bond motifs is 2. The lowest BCUT2D eigenvalue weighted by atomic mass is 9.87. The van der Waals surface area contributed by atoms with E-state index in [4.69, 9.17) is 0 Å². The van der Waals surface area contributed by atoms with Gasteiger partial charge in [0.2, 0.25) is 0 Å². The smallest absolute Gasteiger partial charge is 0.115 e. The van der Waals surface area contributed by atoms with E-state index in [1.807, 2.05) is 12.1 Å². The van der Waals surface area contributed by atoms with Crippen molar-refractivity contribution in [2.24, 2.45) is 0 Å². The van der Waals surface area contributed by atoms with E-state index in [-0.39, 0.29) is 0 Å². The van der Waals surface area contributed by atoms with Crippen molar-refractivity contribution in [1.29, 1.82) is 0 Å². The van der Waals surface area contributed by atoms with Crippen LogP contribution in [0.4, 0.5) is 0 Å². The minimum Gasteiger partial charge on any atom is -0.508 e. The van der Waals surface area contributed by atoms with Gasteiger partial charge >= 0.3 is 0 Å². The fraction of sp³-hybridized carbons (Fsp3) is 0.360. The molecule has 0 aromatic heterocycles. The van der Waals surface area contributed by atoms with Crippen molar-refractivity contribution < 1.29 is 5.11 Å². The van der Waals surface area contributed by atoms with Crippen LogP contribution in [0.2, 0.25) is 0 Å². The van der Waals surface area contributed by atoms with E-state index in [0.717, 1.165) is 32.4 Å². The summed E-state index contributed by atoms with van der Waals surface area (Å²) in [6.45, 7) is 4.51. The Kier molecular flexibility index (Phi) is 5.45. The number of phenols is 1. The zero-order valence-electron chi connectivity index (χ0n) is 16.2. The van der Waals surface area contributed by atoms with E-state index in [1.54, 1.807) is 0 Å². The lowest BCUT2D eigenvalue weighted by Gasteiger charge is -2.35. The molecule has 0 radical (unpaired) electrons. The van der Waals surface area contributed by atoms with Crippen LogP contribution in [-0.4, -0.2) is 29.1 Å². The van der Waals surface area contributed by atoms with E-state index >= 15 is 0 Å². The molecule has 2 heteroatoms. The van der Waals surface area contributed by atoms with Gasteiger partial charge in [-0.05, 0) is 78.2 Å². The van der Waals surface area contributed by atoms with Crippen LogP contribution in [0.25, 0.3) is 10.8 Å². The number of aromatic hydroxyl groups is 1. The molecule has 0 heterocycles. The maximum Gasteiger partial charge on any atom is 0.115 e. The minimum atomic E-state index is 0.396. The van der Waals surface area contributed by atoms with Gasteiger partial charge in [-0.1, -0.05) is 55.5 Å². The van der Waals surface area contributed by atoms with Gasteiger partial charge in [0.15, 0.2) is 0 Å². The normalized spacial score (nSPS) is 16.6. The van der Waals surface area contributed by atoms with Crippen molar-refractivity contribution in [3.63, 3.8) is 0 Å². The molecule has 0 bridgehead atoms. The Morgan fingerprint density at radius 3 is 2.70 bits per heavy atom. The number of benzene rings is 3. The van der Waals surface area contributed by atoms with Gasteiger partial charge in [0.05, 0.1) is 0 Å². The summed E-state index contributed by atoms with van der Waals surface area (Å²) in [5.74, 6) is 0.396. The molecular formula is C25H29NO. The van der Waals surface area contributed by atoms with Crippen molar-refractivity contribution >= 4 is 10.8 Å². The molecule has 3 aromatic carbocycles. The zero-order valence-corrected chi connectivity index (χ0v) is 16.2. The average Bonchev–Trinajstić information content (AvgIpc) is 2.70. The lowest BCUT2D eigenvalue weighted by molar-refractivity contribution is 0.182. The summed E-state index contributed by atoms with van der Waals surface area (Å²) in [6.07, 6.45) is 5.66. The maximum absolute atomic E-state index is 9.86. The van der Waals surface area contributed by atoms with Crippen molar-refractivity contribution in [3.05, 3.63) is 77.4 Å². The maximum atomic E-state index is 9.86. The van der Waals surface area contributed by atoms with Crippen LogP contribution in [0.1, 0.15) is 36.5 Å². The second-order valence-electron chi connectivity index (χ2n) is 7.77. The Bertz CT molecular complexity index is 912. The van der Waals surface area contributed by atoms with Crippen LogP contribution >= 0.6 is 0 Å². The third kappa shape index (κ3) is 4.01. The summed E-state index contributed by atoms with van der Waals surface area (Å²) >= 11 is 0. The van der Waals surface area contributed by atoms with E-state index in [0.29, 0.717) is 11.8 Å². The molecular weight excluding hydrogens is 330 g/mol. The van der Waals surface area contributed by atoms with E-state index < -0.39 is 0 Å². The fourth-order valence-corrected chi connectivity index (χ4v) is 4.57. The van der Waals surface area contributed by atoms with E-state index in [2.05, 4.69) is 60.4 Å². The first-order chi connectivity index (χ1) is 13.2. The number of phenolic OH excluding ortho intramolecular Hbond substituents is 1. The zero-order chi connectivity index (χ0) is 18.6. The Balaban J connectivity index is 1.50. The quantitative estimate of drug-likeness (QED) is 0.641. The second kappa shape index (κ2) is 8.14. The number of rotatable bonds is 6. The summed E-state index contributed by atoms with van der Waals surface area (Å²) in [5, 5.41) is 12.6. The van der Waals surface area contributed by atoms with Gasteiger partial charge in [0.1, 0.15) is 5.75 Å². The molecule has 0 saturated heterocycles. The largest absolute Gasteiger partial charge is 0.508 e. The Hall–Kier alpha value is -2.32. The third-order valence-corrected chi connectivity index (χ3v) is 5.97. The van der Waals surface area contributed by atoms with Crippen LogP contribution < -0.4 is 0 Å². The van der Waals surface area contributed by atoms with Gasteiger partial charge in [-0.15, -0.1) is 0 Å². The molecule has 0 aliphatic heterocycles. The molecule has 0 fully saturated rings. The first-order valence-electron chi connectivity index (χ1n) is 10.3. The van der Waals surface area contributed by atoms with Crippen LogP contribution in [-0.2, 0) is 19.3 Å². The highest BCUT2D eigenvalue weighted by atomic mass is 16.3. The predicted octanol–water partition coefficient (Wildman–Crippen LogP) is 5.36. The molecule has 27 heavy (non-hydrogen) atoms. The molecule has 0 saturated carbocycles. The highest BCUT2D eigenvalue weighted by Crippen LogP contribution is 2.28. The van der Waals surface area contributed by atoms with Gasteiger partial charge in [0.25, 0.3) is 0 Å². The minimum absolute atomic E-state index is 0.396. The number of nitrogens with zero attached hydrogens (tertiary/aromatic N) is 1. The van der Waals surface area contributed by atoms with Crippen molar-refractivity contribution in [2.45, 2.75) is 45.1 Å². The standard InChI is InChI=1S/C25H29NO/c1-2-15-26(23-12-10-19-11-13-24(27)18-22(19)17-23)16-14-21-8-5-7-20-6-3-4-9-25(20)21/h3-9,11,13,18,23,27H,2,10,12,14-17H2,1H3. The van der Waals surface area contributed by atoms with Gasteiger partial charge in [-0.2, -0.15) is 0 Å². The number of hydrogen-bond acceptors (Lipinski definition) is 2. The molecule has 0 spiro atoms. The molecule has 1 unspecified atom stereocenters. The van der Waals surface area contributed by atoms with E-state index in [1.165, 1.54) is 40.3 Å². The SMILES string of the molecule is CCCN(CCc1cccc2ccccc12)C1CCc2ccc(O)cc2C1. The third-order valence-electron chi connectivity index (χ3n) is 5.97. The Labute approximate surface area is 162 Å². The van der Waals surface area contributed by atoms with Crippen molar-refractivity contribution in [3.8, 4) is 5.75 Å². The lowest BCUT2D eigenvalue weighted by Crippen LogP contribution is -2.41. The number of aryl methyl sites for hydroxylation is 1. The summed E-state index contributed by atoms with van der Waals surface area (Å²) in [6, 6.07) is 21.8. The summed E-state index contributed by atoms with van der Waals surface area (Å²) < 4.78 is 0. The van der Waals surface area contributed by atoms with Crippen molar-refractivity contribution in [2.75, 3.05) is 13.1 Å². The molecule has 4 rings (SSSR count). The Morgan fingerprint density at radius 1 is 0.963 bits per heavy atom. The first-order valence-corrected chi connectivity index (χ1v) is 10.3. The van der Waals surface area contributed by atoms with Crippen LogP contribution in [0.15, 0.2) is 60.7 Å². The predicted molar refractivity (Wildman–Crippen MR) is 113 cm³/mol. The van der Waals surface area contributed by atoms with Crippen LogP contribution in [0.5, 0.6) is 5.75 Å². The molecule has 0 amide bonds. The molecule has 1 atom stereocenters. The van der Waals surface area contributed by atoms with E-state index in [9.17, 15) is 5.11 Å². The molecule has 140 valence electrons. The fourth-order valence-electron chi connectivity index (χ4n) is 4.57. The molecule has 1 aliphatic rings. The average molecular weight is 360 g/mol. The first kappa shape index (κ1) is 18.1. The van der Waals surface area contributed by atoms with Gasteiger partial charge < -0.3 is 5.11 Å². The monoisotopic (exact) mass is 359 g/mol. The van der Waals surface area contributed by atoms with Gasteiger partial charge in [-0.25, -0.2) is 0 Å². The molecule has 2 nitrogen and oxygen atoms in total. The summed E-state index contributed by atoms with van der Waals surface area (Å²) in [5.41, 5.74) is 4.19. The second-order valence-corrected chi connectivity index (χ2v) is 7.77. The van der Waals surface area contributed by atoms with Gasteiger partial charge in [-0.3, -0.25) is 4.90 Å². The topological polar surface area (TPSA) is 23.5 Å². The summed E-state index contributed by atoms with van der Waals surface area (Å²) in [4.78, 5) is 2.68.